The first-order valence-electron chi connectivity index (χ1n) is 12.8. The zero-order chi connectivity index (χ0) is 20.0. The monoisotopic (exact) mass is 397 g/mol. The average molecular weight is 398 g/mol. The molecule has 0 aliphatic carbocycles. The molecule has 0 unspecified atom stereocenters. The van der Waals surface area contributed by atoms with Crippen molar-refractivity contribution < 1.29 is 9.47 Å². The quantitative estimate of drug-likeness (QED) is 0.211. The Kier molecular flexibility index (Phi) is 20.0. The minimum absolute atomic E-state index is 0.459. The fraction of sp³-hybridized carbons (Fsp3) is 1.00. The summed E-state index contributed by atoms with van der Waals surface area (Å²) in [5.41, 5.74) is 0. The van der Waals surface area contributed by atoms with E-state index in [0.717, 1.165) is 45.8 Å². The van der Waals surface area contributed by atoms with Gasteiger partial charge in [0, 0.05) is 6.61 Å². The first-order valence-corrected chi connectivity index (χ1v) is 12.8. The molecule has 0 saturated carbocycles. The fourth-order valence-corrected chi connectivity index (χ4v) is 4.09. The van der Waals surface area contributed by atoms with Crippen LogP contribution in [0, 0.1) is 0 Å². The molecule has 3 heteroatoms. The molecule has 0 amide bonds. The van der Waals surface area contributed by atoms with Gasteiger partial charge in [-0.3, -0.25) is 0 Å². The summed E-state index contributed by atoms with van der Waals surface area (Å²) in [7, 11) is 0. The van der Waals surface area contributed by atoms with Gasteiger partial charge in [-0.1, -0.05) is 103 Å². The van der Waals surface area contributed by atoms with Gasteiger partial charge in [0.1, 0.15) is 0 Å². The van der Waals surface area contributed by atoms with E-state index in [4.69, 9.17) is 9.47 Å². The van der Waals surface area contributed by atoms with Crippen LogP contribution in [0.5, 0.6) is 0 Å². The van der Waals surface area contributed by atoms with Crippen molar-refractivity contribution in [3.8, 4) is 0 Å². The summed E-state index contributed by atoms with van der Waals surface area (Å²) in [4.78, 5) is 0. The second kappa shape index (κ2) is 21.6. The van der Waals surface area contributed by atoms with Crippen molar-refractivity contribution in [2.24, 2.45) is 0 Å². The lowest BCUT2D eigenvalue weighted by atomic mass is 10.0. The van der Waals surface area contributed by atoms with Crippen LogP contribution in [0.4, 0.5) is 0 Å². The van der Waals surface area contributed by atoms with Gasteiger partial charge < -0.3 is 14.8 Å². The molecular formula is C25H51NO2. The van der Waals surface area contributed by atoms with Crippen LogP contribution in [-0.2, 0) is 9.47 Å². The topological polar surface area (TPSA) is 30.5 Å². The lowest BCUT2D eigenvalue weighted by molar-refractivity contribution is -0.00772. The SMILES string of the molecule is CCCCCCCCCCCCCCCCCCOCCOC1CCNCC1. The molecule has 1 aliphatic rings. The lowest BCUT2D eigenvalue weighted by Gasteiger charge is -2.22. The summed E-state index contributed by atoms with van der Waals surface area (Å²) < 4.78 is 11.6. The van der Waals surface area contributed by atoms with Gasteiger partial charge in [-0.05, 0) is 32.4 Å². The molecule has 1 heterocycles. The average Bonchev–Trinajstić information content (AvgIpc) is 2.73. The third-order valence-electron chi connectivity index (χ3n) is 6.01. The summed E-state index contributed by atoms with van der Waals surface area (Å²) in [6.45, 7) is 6.94. The van der Waals surface area contributed by atoms with E-state index in [1.54, 1.807) is 0 Å². The van der Waals surface area contributed by atoms with Crippen molar-refractivity contribution in [2.75, 3.05) is 32.9 Å². The molecule has 28 heavy (non-hydrogen) atoms. The Morgan fingerprint density at radius 3 is 1.54 bits per heavy atom. The van der Waals surface area contributed by atoms with Crippen molar-refractivity contribution in [1.82, 2.24) is 5.32 Å². The molecule has 168 valence electrons. The van der Waals surface area contributed by atoms with Crippen molar-refractivity contribution >= 4 is 0 Å². The van der Waals surface area contributed by atoms with Crippen molar-refractivity contribution in [2.45, 2.75) is 129 Å². The van der Waals surface area contributed by atoms with Gasteiger partial charge in [0.05, 0.1) is 19.3 Å². The van der Waals surface area contributed by atoms with E-state index in [1.165, 1.54) is 103 Å². The van der Waals surface area contributed by atoms with Crippen molar-refractivity contribution in [3.05, 3.63) is 0 Å². The molecule has 0 spiro atoms. The summed E-state index contributed by atoms with van der Waals surface area (Å²) in [6, 6.07) is 0. The van der Waals surface area contributed by atoms with Crippen LogP contribution in [0.15, 0.2) is 0 Å². The minimum Gasteiger partial charge on any atom is -0.379 e. The molecule has 1 aliphatic heterocycles. The number of nitrogens with one attached hydrogen (secondary N) is 1. The van der Waals surface area contributed by atoms with Crippen LogP contribution in [-0.4, -0.2) is 39.0 Å². The van der Waals surface area contributed by atoms with Crippen LogP contribution in [0.3, 0.4) is 0 Å². The van der Waals surface area contributed by atoms with E-state index in [1.807, 2.05) is 0 Å². The summed E-state index contributed by atoms with van der Waals surface area (Å²) in [5, 5.41) is 3.37. The molecule has 1 fully saturated rings. The maximum absolute atomic E-state index is 5.85. The standard InChI is InChI=1S/C25H51NO2/c1-2-3-4-5-6-7-8-9-10-11-12-13-14-15-16-17-22-27-23-24-28-25-18-20-26-21-19-25/h25-26H,2-24H2,1H3. The minimum atomic E-state index is 0.459. The largest absolute Gasteiger partial charge is 0.379 e. The van der Waals surface area contributed by atoms with E-state index in [9.17, 15) is 0 Å². The highest BCUT2D eigenvalue weighted by molar-refractivity contribution is 4.67. The summed E-state index contributed by atoms with van der Waals surface area (Å²) >= 11 is 0. The van der Waals surface area contributed by atoms with Gasteiger partial charge in [-0.25, -0.2) is 0 Å². The Bertz CT molecular complexity index is 292. The van der Waals surface area contributed by atoms with Gasteiger partial charge in [0.2, 0.25) is 0 Å². The molecule has 3 nitrogen and oxygen atoms in total. The zero-order valence-electron chi connectivity index (χ0n) is 19.2. The molecule has 0 aromatic heterocycles. The second-order valence-corrected chi connectivity index (χ2v) is 8.74. The number of ether oxygens (including phenoxy) is 2. The summed E-state index contributed by atoms with van der Waals surface area (Å²) in [5.74, 6) is 0. The van der Waals surface area contributed by atoms with Gasteiger partial charge in [0.15, 0.2) is 0 Å². The van der Waals surface area contributed by atoms with Crippen LogP contribution >= 0.6 is 0 Å². The van der Waals surface area contributed by atoms with Crippen molar-refractivity contribution in [1.29, 1.82) is 0 Å². The Morgan fingerprint density at radius 2 is 1.04 bits per heavy atom. The third kappa shape index (κ3) is 17.9. The summed E-state index contributed by atoms with van der Waals surface area (Å²) in [6.07, 6.45) is 25.5. The van der Waals surface area contributed by atoms with Gasteiger partial charge in [-0.15, -0.1) is 0 Å². The predicted octanol–water partition coefficient (Wildman–Crippen LogP) is 7.03. The predicted molar refractivity (Wildman–Crippen MR) is 122 cm³/mol. The van der Waals surface area contributed by atoms with Gasteiger partial charge in [-0.2, -0.15) is 0 Å². The first kappa shape index (κ1) is 25.9. The Hall–Kier alpha value is -0.120. The van der Waals surface area contributed by atoms with E-state index in [2.05, 4.69) is 12.2 Å². The molecule has 0 bridgehead atoms. The molecule has 0 radical (unpaired) electrons. The van der Waals surface area contributed by atoms with E-state index in [0.29, 0.717) is 6.10 Å². The van der Waals surface area contributed by atoms with Crippen LogP contribution < -0.4 is 5.32 Å². The molecule has 0 atom stereocenters. The number of unbranched alkanes of at least 4 members (excludes halogenated alkanes) is 15. The highest BCUT2D eigenvalue weighted by Crippen LogP contribution is 2.13. The highest BCUT2D eigenvalue weighted by atomic mass is 16.5. The maximum atomic E-state index is 5.85. The molecular weight excluding hydrogens is 346 g/mol. The zero-order valence-corrected chi connectivity index (χ0v) is 19.2. The maximum Gasteiger partial charge on any atom is 0.0704 e. The van der Waals surface area contributed by atoms with E-state index >= 15 is 0 Å². The van der Waals surface area contributed by atoms with E-state index in [-0.39, 0.29) is 0 Å². The second-order valence-electron chi connectivity index (χ2n) is 8.74. The van der Waals surface area contributed by atoms with Crippen LogP contribution in [0.1, 0.15) is 122 Å². The third-order valence-corrected chi connectivity index (χ3v) is 6.01. The van der Waals surface area contributed by atoms with Crippen LogP contribution in [0.25, 0.3) is 0 Å². The smallest absolute Gasteiger partial charge is 0.0704 e. The Morgan fingerprint density at radius 1 is 0.571 bits per heavy atom. The molecule has 1 N–H and O–H groups in total. The Labute approximate surface area is 176 Å². The first-order chi connectivity index (χ1) is 13.9. The fourth-order valence-electron chi connectivity index (χ4n) is 4.09. The number of hydrogen-bond donors (Lipinski definition) is 1. The molecule has 0 aromatic carbocycles. The van der Waals surface area contributed by atoms with E-state index < -0.39 is 0 Å². The molecule has 0 aromatic rings. The number of piperidine rings is 1. The Balaban J connectivity index is 1.64. The van der Waals surface area contributed by atoms with Gasteiger partial charge >= 0.3 is 0 Å². The van der Waals surface area contributed by atoms with Crippen molar-refractivity contribution in [3.63, 3.8) is 0 Å². The number of rotatable bonds is 21. The van der Waals surface area contributed by atoms with Crippen LogP contribution in [0.2, 0.25) is 0 Å². The normalized spacial score (nSPS) is 15.3. The highest BCUT2D eigenvalue weighted by Gasteiger charge is 2.12. The molecule has 1 rings (SSSR count). The van der Waals surface area contributed by atoms with Gasteiger partial charge in [0.25, 0.3) is 0 Å². The molecule has 1 saturated heterocycles. The number of hydrogen-bond acceptors (Lipinski definition) is 3. The lowest BCUT2D eigenvalue weighted by Crippen LogP contribution is -2.33.